The molecule has 0 aliphatic rings. The smallest absolute Gasteiger partial charge is 0.779 e. The van der Waals surface area contributed by atoms with Gasteiger partial charge in [-0.15, -0.1) is 0 Å². The predicted octanol–water partition coefficient (Wildman–Crippen LogP) is -3.47. The van der Waals surface area contributed by atoms with E-state index in [-0.39, 0.29) is 77.2 Å². The van der Waals surface area contributed by atoms with Crippen molar-refractivity contribution >= 4 is 37.2 Å². The van der Waals surface area contributed by atoms with Crippen LogP contribution in [0, 0.1) is 5.92 Å². The number of hydrogen-bond donors (Lipinski definition) is 2. The average Bonchev–Trinajstić information content (AvgIpc) is 1.80. The Hall–Kier alpha value is 2.11. The monoisotopic (exact) mass is 226 g/mol. The summed E-state index contributed by atoms with van der Waals surface area (Å²) in [7, 11) is -4.09. The topological polar surface area (TPSA) is 86.4 Å². The Morgan fingerprint density at radius 2 is 1.92 bits per heavy atom. The molecule has 13 heavy (non-hydrogen) atoms. The third-order valence-corrected chi connectivity index (χ3v) is 2.42. The van der Waals surface area contributed by atoms with Crippen LogP contribution in [0.3, 0.4) is 0 Å². The van der Waals surface area contributed by atoms with Gasteiger partial charge < -0.3 is 20.1 Å². The second-order valence-electron chi connectivity index (χ2n) is 3.06. The first-order valence-corrected chi connectivity index (χ1v) is 5.37. The van der Waals surface area contributed by atoms with E-state index >= 15 is 0 Å². The minimum atomic E-state index is -4.09. The molecule has 0 aliphatic carbocycles. The van der Waals surface area contributed by atoms with Crippen molar-refractivity contribution in [1.29, 1.82) is 0 Å². The van der Waals surface area contributed by atoms with Gasteiger partial charge in [-0.1, -0.05) is 13.8 Å². The van der Waals surface area contributed by atoms with Crippen LogP contribution in [-0.2, 0) is 4.57 Å². The van der Waals surface area contributed by atoms with Crippen molar-refractivity contribution in [2.45, 2.75) is 26.3 Å². The molecule has 0 heterocycles. The van der Waals surface area contributed by atoms with Gasteiger partial charge in [0.1, 0.15) is 7.60 Å². The summed E-state index contributed by atoms with van der Waals surface area (Å²) < 4.78 is 10.3. The van der Waals surface area contributed by atoms with Crippen molar-refractivity contribution in [2.75, 3.05) is 6.16 Å². The molecule has 0 aliphatic heterocycles. The molecular formula is C6H15NNa2O3P. The zero-order valence-electron chi connectivity index (χ0n) is 8.86. The molecule has 0 saturated carbocycles. The maximum Gasteiger partial charge on any atom is 1.00 e. The first-order valence-electron chi connectivity index (χ1n) is 3.61. The quantitative estimate of drug-likeness (QED) is 0.385. The molecule has 0 amide bonds. The van der Waals surface area contributed by atoms with E-state index in [9.17, 15) is 9.46 Å². The summed E-state index contributed by atoms with van der Waals surface area (Å²) >= 11 is 0. The minimum absolute atomic E-state index is 0. The van der Waals surface area contributed by atoms with Crippen LogP contribution in [0.25, 0.3) is 0 Å². The van der Waals surface area contributed by atoms with E-state index in [2.05, 4.69) is 0 Å². The summed E-state index contributed by atoms with van der Waals surface area (Å²) in [6.07, 6.45) is 0.112. The van der Waals surface area contributed by atoms with Crippen molar-refractivity contribution in [1.82, 2.24) is 0 Å². The van der Waals surface area contributed by atoms with Crippen molar-refractivity contribution < 1.29 is 43.9 Å². The van der Waals surface area contributed by atoms with Crippen LogP contribution in [0.4, 0.5) is 0 Å². The molecule has 0 rings (SSSR count). The number of rotatable bonds is 4. The molecule has 0 fully saturated rings. The second kappa shape index (κ2) is 9.34. The Balaban J connectivity index is -0.000000500. The molecule has 0 bridgehead atoms. The summed E-state index contributed by atoms with van der Waals surface area (Å²) in [6, 6.07) is -0.149. The van der Waals surface area contributed by atoms with E-state index in [0.717, 1.165) is 0 Å². The molecule has 2 atom stereocenters. The molecule has 0 spiro atoms. The fourth-order valence-electron chi connectivity index (χ4n) is 0.646. The van der Waals surface area contributed by atoms with E-state index in [0.29, 0.717) is 6.42 Å². The Bertz CT molecular complexity index is 162. The predicted molar refractivity (Wildman–Crippen MR) is 47.9 cm³/mol. The van der Waals surface area contributed by atoms with Gasteiger partial charge in [0.15, 0.2) is 0 Å². The molecule has 0 saturated heterocycles. The largest absolute Gasteiger partial charge is 1.00 e. The van der Waals surface area contributed by atoms with Gasteiger partial charge in [0, 0.05) is 41.8 Å². The summed E-state index contributed by atoms with van der Waals surface area (Å²) in [4.78, 5) is 18.7. The van der Waals surface area contributed by atoms with E-state index in [1.807, 2.05) is 13.8 Å². The van der Waals surface area contributed by atoms with E-state index in [1.54, 1.807) is 0 Å². The fourth-order valence-corrected chi connectivity index (χ4v) is 1.27. The van der Waals surface area contributed by atoms with E-state index < -0.39 is 7.60 Å². The van der Waals surface area contributed by atoms with Crippen LogP contribution in [-0.4, -0.2) is 46.7 Å². The van der Waals surface area contributed by atoms with Gasteiger partial charge in [-0.3, -0.25) is 0 Å². The van der Waals surface area contributed by atoms with Crippen molar-refractivity contribution in [3.8, 4) is 0 Å². The van der Waals surface area contributed by atoms with Gasteiger partial charge in [-0.25, -0.2) is 0 Å². The maximum atomic E-state index is 10.3. The third kappa shape index (κ3) is 14.1. The van der Waals surface area contributed by atoms with Gasteiger partial charge in [-0.2, -0.15) is 0 Å². The molecule has 69 valence electrons. The Labute approximate surface area is 124 Å². The summed E-state index contributed by atoms with van der Waals surface area (Å²) in [5.41, 5.74) is 5.55. The third-order valence-electron chi connectivity index (χ3n) is 1.60. The molecule has 2 unspecified atom stereocenters. The fraction of sp³-hybridized carbons (Fsp3) is 1.00. The van der Waals surface area contributed by atoms with Crippen LogP contribution in [0.15, 0.2) is 0 Å². The first kappa shape index (κ1) is 20.5. The normalized spacial score (nSPS) is 16.8. The van der Waals surface area contributed by atoms with Crippen LogP contribution >= 0.6 is 7.60 Å². The van der Waals surface area contributed by atoms with E-state index in [4.69, 9.17) is 10.6 Å². The van der Waals surface area contributed by atoms with Crippen molar-refractivity contribution in [2.24, 2.45) is 11.7 Å². The molecule has 4 nitrogen and oxygen atoms in total. The molecule has 0 aromatic heterocycles. The summed E-state index contributed by atoms with van der Waals surface area (Å²) in [5, 5.41) is 0. The number of nitrogens with two attached hydrogens (primary N) is 1. The van der Waals surface area contributed by atoms with E-state index in [1.165, 1.54) is 0 Å². The first-order chi connectivity index (χ1) is 4.83. The average molecular weight is 226 g/mol. The van der Waals surface area contributed by atoms with Crippen LogP contribution in [0.1, 0.15) is 20.3 Å². The molecule has 0 aromatic rings. The zero-order chi connectivity index (χ0) is 9.07. The van der Waals surface area contributed by atoms with Gasteiger partial charge in [-0.05, 0) is 12.3 Å². The van der Waals surface area contributed by atoms with Crippen LogP contribution in [0.2, 0.25) is 0 Å². The zero-order valence-corrected chi connectivity index (χ0v) is 13.8. The maximum absolute atomic E-state index is 10.3. The Morgan fingerprint density at radius 1 is 1.54 bits per heavy atom. The van der Waals surface area contributed by atoms with Crippen LogP contribution in [0.5, 0.6) is 0 Å². The second-order valence-corrected chi connectivity index (χ2v) is 4.78. The summed E-state index contributed by atoms with van der Waals surface area (Å²) in [5.74, 6) is 0.251. The Kier molecular flexibility index (Phi) is 14.7. The molecule has 1 radical (unpaired) electrons. The molecule has 3 N–H and O–H groups in total. The Morgan fingerprint density at radius 3 is 2.15 bits per heavy atom. The van der Waals surface area contributed by atoms with Crippen LogP contribution < -0.4 is 40.2 Å². The van der Waals surface area contributed by atoms with Gasteiger partial charge in [0.25, 0.3) is 0 Å². The SMILES string of the molecule is CC(C)C(N)CCP(=O)([O-])O.[Na+].[Na]. The van der Waals surface area contributed by atoms with Crippen molar-refractivity contribution in [3.05, 3.63) is 0 Å². The van der Waals surface area contributed by atoms with Gasteiger partial charge >= 0.3 is 29.6 Å². The molecule has 7 heteroatoms. The summed E-state index contributed by atoms with van der Waals surface area (Å²) in [6.45, 7) is 3.83. The number of hydrogen-bond acceptors (Lipinski definition) is 3. The van der Waals surface area contributed by atoms with Crippen molar-refractivity contribution in [3.63, 3.8) is 0 Å². The van der Waals surface area contributed by atoms with Gasteiger partial charge in [0.05, 0.1) is 0 Å². The molecule has 0 aromatic carbocycles. The molecular weight excluding hydrogens is 211 g/mol. The minimum Gasteiger partial charge on any atom is -0.779 e. The standard InChI is InChI=1S/C6H16NO3P.2Na/c1-5(2)6(7)3-4-11(8,9)10;;/h5-6H,3-4,7H2,1-2H3,(H2,8,9,10);;/q;;+1/p-1. The van der Waals surface area contributed by atoms with Gasteiger partial charge in [0.2, 0.25) is 0 Å².